The van der Waals surface area contributed by atoms with Gasteiger partial charge in [0.05, 0.1) is 34.0 Å². The monoisotopic (exact) mass is 770 g/mol. The maximum atomic E-state index is 12.8. The van der Waals surface area contributed by atoms with Crippen LogP contribution in [-0.4, -0.2) is 77.4 Å². The maximum absolute atomic E-state index is 12.8. The number of carbonyl (C=O) groups is 2. The molecule has 1 fully saturated rings. The SMILES string of the molecule is CC(C)(C)OC(=O)N1CCN(c2ccc(B3OC(C)(C)C(C)(C)O3)cn2)c2ccccc21.O=C(O)N1CCN(c2ccc(Br)cn2)c2ccccc21. The van der Waals surface area contributed by atoms with Gasteiger partial charge in [-0.05, 0) is 107 Å². The van der Waals surface area contributed by atoms with E-state index in [-0.39, 0.29) is 6.09 Å². The Bertz CT molecular complexity index is 1900. The number of halogens is 1. The van der Waals surface area contributed by atoms with Crippen LogP contribution in [0.25, 0.3) is 0 Å². The predicted molar refractivity (Wildman–Crippen MR) is 208 cm³/mol. The second-order valence-corrected chi connectivity index (χ2v) is 15.6. The van der Waals surface area contributed by atoms with Crippen LogP contribution in [0.15, 0.2) is 89.7 Å². The number of anilines is 6. The van der Waals surface area contributed by atoms with Crippen molar-refractivity contribution in [1.82, 2.24) is 9.97 Å². The normalized spacial score (nSPS) is 17.5. The minimum atomic E-state index is -0.930. The Morgan fingerprint density at radius 1 is 0.731 bits per heavy atom. The Morgan fingerprint density at radius 3 is 1.67 bits per heavy atom. The first-order chi connectivity index (χ1) is 24.5. The van der Waals surface area contributed by atoms with Crippen molar-refractivity contribution >= 4 is 75.1 Å². The summed E-state index contributed by atoms with van der Waals surface area (Å²) in [6, 6.07) is 23.1. The average molecular weight is 772 g/mol. The van der Waals surface area contributed by atoms with Gasteiger partial charge in [-0.2, -0.15) is 0 Å². The molecule has 52 heavy (non-hydrogen) atoms. The summed E-state index contributed by atoms with van der Waals surface area (Å²) in [5.41, 5.74) is 2.82. The molecule has 5 heterocycles. The summed E-state index contributed by atoms with van der Waals surface area (Å²) in [6.45, 7) is 15.9. The highest BCUT2D eigenvalue weighted by Gasteiger charge is 2.51. The first-order valence-corrected chi connectivity index (χ1v) is 18.0. The molecule has 0 aliphatic carbocycles. The summed E-state index contributed by atoms with van der Waals surface area (Å²) in [7, 11) is -0.446. The van der Waals surface area contributed by atoms with E-state index in [1.54, 1.807) is 17.3 Å². The minimum Gasteiger partial charge on any atom is -0.465 e. The lowest BCUT2D eigenvalue weighted by molar-refractivity contribution is 0.00578. The van der Waals surface area contributed by atoms with E-state index in [4.69, 9.17) is 19.0 Å². The molecule has 4 aromatic rings. The van der Waals surface area contributed by atoms with Crippen LogP contribution in [0.2, 0.25) is 0 Å². The Labute approximate surface area is 313 Å². The summed E-state index contributed by atoms with van der Waals surface area (Å²) in [5.74, 6) is 1.62. The summed E-state index contributed by atoms with van der Waals surface area (Å²) < 4.78 is 18.8. The number of para-hydroxylation sites is 4. The minimum absolute atomic E-state index is 0.339. The predicted octanol–water partition coefficient (Wildman–Crippen LogP) is 7.75. The molecule has 0 unspecified atom stereocenters. The van der Waals surface area contributed by atoms with Gasteiger partial charge in [0.15, 0.2) is 0 Å². The van der Waals surface area contributed by atoms with Crippen molar-refractivity contribution in [1.29, 1.82) is 0 Å². The quantitative estimate of drug-likeness (QED) is 0.207. The van der Waals surface area contributed by atoms with Gasteiger partial charge in [-0.1, -0.05) is 30.3 Å². The molecule has 0 radical (unpaired) electrons. The Kier molecular flexibility index (Phi) is 10.3. The van der Waals surface area contributed by atoms with E-state index in [0.717, 1.165) is 38.6 Å². The smallest absolute Gasteiger partial charge is 0.465 e. The number of hydrogen-bond donors (Lipinski definition) is 1. The highest BCUT2D eigenvalue weighted by molar-refractivity contribution is 9.10. The molecule has 1 saturated heterocycles. The average Bonchev–Trinajstić information content (AvgIpc) is 3.33. The molecule has 12 nitrogen and oxygen atoms in total. The maximum Gasteiger partial charge on any atom is 0.496 e. The van der Waals surface area contributed by atoms with E-state index in [0.29, 0.717) is 31.9 Å². The van der Waals surface area contributed by atoms with Crippen molar-refractivity contribution < 1.29 is 28.7 Å². The number of hydrogen-bond acceptors (Lipinski definition) is 9. The third-order valence-electron chi connectivity index (χ3n) is 9.43. The van der Waals surface area contributed by atoms with Crippen molar-refractivity contribution in [2.45, 2.75) is 65.3 Å². The molecule has 14 heteroatoms. The number of carbonyl (C=O) groups excluding carboxylic acids is 1. The van der Waals surface area contributed by atoms with Crippen LogP contribution in [0.4, 0.5) is 44.0 Å². The van der Waals surface area contributed by atoms with E-state index < -0.39 is 30.0 Å². The number of amides is 2. The van der Waals surface area contributed by atoms with E-state index in [9.17, 15) is 14.7 Å². The summed E-state index contributed by atoms with van der Waals surface area (Å²) in [5, 5.41) is 9.26. The Hall–Kier alpha value is -4.66. The van der Waals surface area contributed by atoms with Crippen molar-refractivity contribution in [2.24, 2.45) is 0 Å². The van der Waals surface area contributed by atoms with Gasteiger partial charge >= 0.3 is 19.3 Å². The molecule has 2 aromatic carbocycles. The van der Waals surface area contributed by atoms with Gasteiger partial charge in [0.2, 0.25) is 0 Å². The standard InChI is InChI=1S/C24H32BN3O4.C14H12BrN3O2/c1-22(2,3)30-21(29)28-15-14-27(18-10-8-9-11-19(18)28)20-13-12-17(16-26-20)25-31-23(4,5)24(6,7)32-25;15-10-5-6-13(16-9-10)17-7-8-18(14(19)20)12-4-2-1-3-11(12)17/h8-13,16H,14-15H2,1-7H3;1-6,9H,7-8H2,(H,19,20). The highest BCUT2D eigenvalue weighted by Crippen LogP contribution is 2.39. The van der Waals surface area contributed by atoms with Gasteiger partial charge in [-0.15, -0.1) is 0 Å². The number of carboxylic acid groups (broad SMARTS) is 1. The number of aromatic nitrogens is 2. The third kappa shape index (κ3) is 7.74. The third-order valence-corrected chi connectivity index (χ3v) is 9.90. The lowest BCUT2D eigenvalue weighted by Gasteiger charge is -2.37. The number of rotatable bonds is 3. The molecule has 3 aliphatic rings. The van der Waals surface area contributed by atoms with E-state index in [1.165, 1.54) is 4.90 Å². The van der Waals surface area contributed by atoms with Crippen molar-refractivity contribution in [2.75, 3.05) is 45.8 Å². The van der Waals surface area contributed by atoms with Gasteiger partial charge in [-0.25, -0.2) is 19.6 Å². The zero-order chi connectivity index (χ0) is 37.4. The van der Waals surface area contributed by atoms with Gasteiger partial charge in [0, 0.05) is 48.5 Å². The summed E-state index contributed by atoms with van der Waals surface area (Å²) in [6.07, 6.45) is 2.27. The fourth-order valence-corrected chi connectivity index (χ4v) is 6.34. The van der Waals surface area contributed by atoms with Gasteiger partial charge in [0.1, 0.15) is 17.2 Å². The number of benzene rings is 2. The number of fused-ring (bicyclic) bond motifs is 2. The second-order valence-electron chi connectivity index (χ2n) is 14.7. The van der Waals surface area contributed by atoms with Crippen molar-refractivity contribution in [3.8, 4) is 0 Å². The van der Waals surface area contributed by atoms with E-state index in [2.05, 4.69) is 25.8 Å². The molecular formula is C38H44BBrN6O6. The second kappa shape index (κ2) is 14.4. The summed E-state index contributed by atoms with van der Waals surface area (Å²) in [4.78, 5) is 40.3. The molecular weight excluding hydrogens is 727 g/mol. The molecule has 1 N–H and O–H groups in total. The molecule has 2 aromatic heterocycles. The first kappa shape index (κ1) is 37.1. The van der Waals surface area contributed by atoms with Crippen LogP contribution in [0.3, 0.4) is 0 Å². The van der Waals surface area contributed by atoms with Gasteiger partial charge < -0.3 is 29.0 Å². The lowest BCUT2D eigenvalue weighted by Crippen LogP contribution is -2.45. The molecule has 0 atom stereocenters. The fourth-order valence-electron chi connectivity index (χ4n) is 6.11. The molecule has 0 saturated carbocycles. The van der Waals surface area contributed by atoms with Gasteiger partial charge in [-0.3, -0.25) is 9.80 Å². The van der Waals surface area contributed by atoms with Crippen LogP contribution in [0.5, 0.6) is 0 Å². The number of ether oxygens (including phenoxy) is 1. The zero-order valence-corrected chi connectivity index (χ0v) is 32.1. The van der Waals surface area contributed by atoms with Crippen LogP contribution >= 0.6 is 15.9 Å². The molecule has 2 amide bonds. The summed E-state index contributed by atoms with van der Waals surface area (Å²) >= 11 is 3.36. The van der Waals surface area contributed by atoms with Crippen molar-refractivity contribution in [3.05, 3.63) is 89.7 Å². The highest BCUT2D eigenvalue weighted by atomic mass is 79.9. The molecule has 7 rings (SSSR count). The Morgan fingerprint density at radius 2 is 1.21 bits per heavy atom. The molecule has 272 valence electrons. The Balaban J connectivity index is 0.000000198. The number of pyridine rings is 2. The lowest BCUT2D eigenvalue weighted by atomic mass is 9.80. The largest absolute Gasteiger partial charge is 0.496 e. The fraction of sp³-hybridized carbons (Fsp3) is 0.368. The topological polar surface area (TPSA) is 121 Å². The van der Waals surface area contributed by atoms with Crippen LogP contribution in [0, 0.1) is 0 Å². The number of nitrogens with zero attached hydrogens (tertiary/aromatic N) is 6. The van der Waals surface area contributed by atoms with E-state index >= 15 is 0 Å². The van der Waals surface area contributed by atoms with Crippen LogP contribution in [-0.2, 0) is 14.0 Å². The first-order valence-electron chi connectivity index (χ1n) is 17.2. The van der Waals surface area contributed by atoms with Gasteiger partial charge in [0.25, 0.3) is 0 Å². The molecule has 0 spiro atoms. The zero-order valence-electron chi connectivity index (χ0n) is 30.5. The van der Waals surface area contributed by atoms with Crippen LogP contribution in [0.1, 0.15) is 48.5 Å². The van der Waals surface area contributed by atoms with Crippen LogP contribution < -0.4 is 25.1 Å². The van der Waals surface area contributed by atoms with Crippen molar-refractivity contribution in [3.63, 3.8) is 0 Å². The molecule has 3 aliphatic heterocycles. The van der Waals surface area contributed by atoms with E-state index in [1.807, 2.05) is 126 Å². The molecule has 0 bridgehead atoms.